The van der Waals surface area contributed by atoms with Crippen LogP contribution in [0.5, 0.6) is 5.75 Å². The molecule has 29 heavy (non-hydrogen) atoms. The fourth-order valence-corrected chi connectivity index (χ4v) is 6.75. The van der Waals surface area contributed by atoms with Gasteiger partial charge in [-0.3, -0.25) is 0 Å². The zero-order chi connectivity index (χ0) is 21.3. The number of fused-ring (bicyclic) bond motifs is 1. The summed E-state index contributed by atoms with van der Waals surface area (Å²) in [6.45, 7) is 6.07. The molecule has 158 valence electrons. The van der Waals surface area contributed by atoms with E-state index in [1.54, 1.807) is 12.1 Å². The Morgan fingerprint density at radius 2 is 2.14 bits per heavy atom. The Hall–Kier alpha value is -1.28. The van der Waals surface area contributed by atoms with Crippen molar-refractivity contribution < 1.29 is 23.2 Å². The molecular formula is C21H28BClO5S. The number of aromatic hydroxyl groups is 1. The van der Waals surface area contributed by atoms with Crippen LogP contribution in [0.4, 0.5) is 0 Å². The molecule has 2 aliphatic heterocycles. The molecule has 1 saturated heterocycles. The van der Waals surface area contributed by atoms with Gasteiger partial charge in [-0.1, -0.05) is 44.0 Å². The average Bonchev–Trinajstić information content (AvgIpc) is 2.91. The summed E-state index contributed by atoms with van der Waals surface area (Å²) >= 11 is 6.22. The van der Waals surface area contributed by atoms with Gasteiger partial charge < -0.3 is 14.8 Å². The van der Waals surface area contributed by atoms with Gasteiger partial charge in [0.2, 0.25) is 0 Å². The zero-order valence-corrected chi connectivity index (χ0v) is 18.6. The van der Waals surface area contributed by atoms with E-state index in [1.165, 1.54) is 6.07 Å². The summed E-state index contributed by atoms with van der Waals surface area (Å²) in [5, 5.41) is 19.5. The summed E-state index contributed by atoms with van der Waals surface area (Å²) in [7, 11) is -4.34. The quantitative estimate of drug-likeness (QED) is 0.512. The summed E-state index contributed by atoms with van der Waals surface area (Å²) in [6.07, 6.45) is 3.83. The monoisotopic (exact) mass is 438 g/mol. The van der Waals surface area contributed by atoms with Crippen molar-refractivity contribution in [2.45, 2.75) is 57.7 Å². The Labute approximate surface area is 178 Å². The first-order chi connectivity index (χ1) is 13.6. The van der Waals surface area contributed by atoms with Crippen molar-refractivity contribution >= 4 is 34.6 Å². The number of allylic oxidation sites excluding steroid dienone is 1. The Morgan fingerprint density at radius 3 is 2.76 bits per heavy atom. The minimum absolute atomic E-state index is 0.0663. The molecule has 2 atom stereocenters. The van der Waals surface area contributed by atoms with Crippen LogP contribution in [-0.4, -0.2) is 42.8 Å². The van der Waals surface area contributed by atoms with Gasteiger partial charge in [0.25, 0.3) is 0 Å². The number of hydrogen-bond acceptors (Lipinski definition) is 5. The van der Waals surface area contributed by atoms with Crippen molar-refractivity contribution in [2.75, 3.05) is 5.75 Å². The van der Waals surface area contributed by atoms with Gasteiger partial charge in [0.15, 0.2) is 9.84 Å². The minimum atomic E-state index is -3.28. The van der Waals surface area contributed by atoms with E-state index in [1.807, 2.05) is 19.9 Å². The highest BCUT2D eigenvalue weighted by molar-refractivity contribution is 7.92. The molecule has 1 aromatic rings. The summed E-state index contributed by atoms with van der Waals surface area (Å²) in [5.74, 6) is 0.316. The fraction of sp³-hybridized carbons (Fsp3) is 0.524. The van der Waals surface area contributed by atoms with Gasteiger partial charge in [0, 0.05) is 6.32 Å². The highest BCUT2D eigenvalue weighted by Gasteiger charge is 2.48. The molecule has 0 radical (unpaired) electrons. The van der Waals surface area contributed by atoms with Gasteiger partial charge in [0.1, 0.15) is 5.75 Å². The van der Waals surface area contributed by atoms with Gasteiger partial charge in [-0.2, -0.15) is 0 Å². The molecule has 8 heteroatoms. The largest absolute Gasteiger partial charge is 0.508 e. The summed E-state index contributed by atoms with van der Waals surface area (Å²) in [4.78, 5) is 0. The van der Waals surface area contributed by atoms with Crippen molar-refractivity contribution in [3.05, 3.63) is 45.5 Å². The first-order valence-corrected chi connectivity index (χ1v) is 12.2. The molecule has 0 aromatic heterocycles. The molecule has 0 saturated carbocycles. The molecule has 1 fully saturated rings. The van der Waals surface area contributed by atoms with Gasteiger partial charge in [-0.15, -0.1) is 0 Å². The molecule has 5 nitrogen and oxygen atoms in total. The standard InChI is InChI=1S/C21H28BClO5S/c1-4-14(9-15-6-7-16(24)10-18(15)23)5-8-19-21-17(13(2)3)12-29(26,27)20(21)11-22(25)28-19/h6-7,9-10,13,19-20,24-25H,4-5,8,11-12H2,1-3H3/b14-9+/t19-,20+/m1/s1. The topological polar surface area (TPSA) is 83.8 Å². The molecule has 0 unspecified atom stereocenters. The van der Waals surface area contributed by atoms with Crippen molar-refractivity contribution in [3.63, 3.8) is 0 Å². The SMILES string of the molecule is CC/C(=C\c1ccc(O)cc1Cl)CC[C@H]1OB(O)C[C@H]2C1=C(C(C)C)CS2(=O)=O. The number of phenols is 1. The summed E-state index contributed by atoms with van der Waals surface area (Å²) in [6, 6.07) is 4.88. The predicted molar refractivity (Wildman–Crippen MR) is 118 cm³/mol. The van der Waals surface area contributed by atoms with E-state index in [-0.39, 0.29) is 23.7 Å². The van der Waals surface area contributed by atoms with E-state index in [0.717, 1.165) is 28.7 Å². The van der Waals surface area contributed by atoms with E-state index in [2.05, 4.69) is 6.92 Å². The highest BCUT2D eigenvalue weighted by Crippen LogP contribution is 2.42. The molecule has 2 N–H and O–H groups in total. The van der Waals surface area contributed by atoms with Gasteiger partial charge in [0.05, 0.1) is 22.1 Å². The lowest BCUT2D eigenvalue weighted by molar-refractivity contribution is 0.169. The van der Waals surface area contributed by atoms with E-state index in [9.17, 15) is 18.5 Å². The average molecular weight is 439 g/mol. The van der Waals surface area contributed by atoms with Crippen LogP contribution in [0.1, 0.15) is 45.6 Å². The molecule has 2 heterocycles. The maximum absolute atomic E-state index is 12.6. The molecular weight excluding hydrogens is 411 g/mol. The van der Waals surface area contributed by atoms with E-state index in [0.29, 0.717) is 17.9 Å². The molecule has 0 amide bonds. The van der Waals surface area contributed by atoms with Gasteiger partial charge in [-0.25, -0.2) is 8.42 Å². The summed E-state index contributed by atoms with van der Waals surface area (Å²) < 4.78 is 31.1. The smallest absolute Gasteiger partial charge is 0.456 e. The van der Waals surface area contributed by atoms with E-state index in [4.69, 9.17) is 16.3 Å². The van der Waals surface area contributed by atoms with Crippen LogP contribution < -0.4 is 0 Å². The van der Waals surface area contributed by atoms with Crippen LogP contribution in [0.3, 0.4) is 0 Å². The highest BCUT2D eigenvalue weighted by atomic mass is 35.5. The zero-order valence-electron chi connectivity index (χ0n) is 17.1. The van der Waals surface area contributed by atoms with Crippen molar-refractivity contribution in [2.24, 2.45) is 5.92 Å². The number of phenolic OH excluding ortho intramolecular Hbond substituents is 1. The third-order valence-corrected chi connectivity index (χ3v) is 8.17. The van der Waals surface area contributed by atoms with Gasteiger partial charge >= 0.3 is 7.12 Å². The van der Waals surface area contributed by atoms with Crippen molar-refractivity contribution in [3.8, 4) is 5.75 Å². The Balaban J connectivity index is 1.83. The molecule has 0 bridgehead atoms. The fourth-order valence-electron chi connectivity index (χ4n) is 4.23. The second-order valence-electron chi connectivity index (χ2n) is 8.15. The number of rotatable bonds is 6. The third kappa shape index (κ3) is 4.90. The van der Waals surface area contributed by atoms with Crippen LogP contribution in [0, 0.1) is 5.92 Å². The predicted octanol–water partition coefficient (Wildman–Crippen LogP) is 4.25. The molecule has 1 aromatic carbocycles. The number of sulfone groups is 1. The van der Waals surface area contributed by atoms with Crippen LogP contribution in [-0.2, 0) is 14.5 Å². The molecule has 2 aliphatic rings. The lowest BCUT2D eigenvalue weighted by atomic mass is 9.74. The summed E-state index contributed by atoms with van der Waals surface area (Å²) in [5.41, 5.74) is 3.78. The Morgan fingerprint density at radius 1 is 1.41 bits per heavy atom. The normalized spacial score (nSPS) is 24.3. The van der Waals surface area contributed by atoms with Crippen LogP contribution in [0.2, 0.25) is 11.3 Å². The van der Waals surface area contributed by atoms with Crippen LogP contribution in [0.15, 0.2) is 34.9 Å². The Bertz CT molecular complexity index is 938. The lowest BCUT2D eigenvalue weighted by Crippen LogP contribution is -2.42. The number of halogens is 1. The van der Waals surface area contributed by atoms with Crippen LogP contribution in [0.25, 0.3) is 6.08 Å². The van der Waals surface area contributed by atoms with Crippen molar-refractivity contribution in [1.82, 2.24) is 0 Å². The van der Waals surface area contributed by atoms with Crippen LogP contribution >= 0.6 is 11.6 Å². The third-order valence-electron chi connectivity index (χ3n) is 5.81. The first-order valence-electron chi connectivity index (χ1n) is 10.1. The van der Waals surface area contributed by atoms with Crippen molar-refractivity contribution in [1.29, 1.82) is 0 Å². The molecule has 3 rings (SSSR count). The van der Waals surface area contributed by atoms with Gasteiger partial charge in [-0.05, 0) is 60.1 Å². The lowest BCUT2D eigenvalue weighted by Gasteiger charge is -2.32. The van der Waals surface area contributed by atoms with E-state index < -0.39 is 28.3 Å². The molecule has 0 spiro atoms. The maximum Gasteiger partial charge on any atom is 0.456 e. The Kier molecular flexibility index (Phi) is 6.83. The first kappa shape index (κ1) is 22.4. The minimum Gasteiger partial charge on any atom is -0.508 e. The number of benzene rings is 1. The second kappa shape index (κ2) is 8.84. The second-order valence-corrected chi connectivity index (χ2v) is 10.7. The maximum atomic E-state index is 12.6. The number of hydrogen-bond donors (Lipinski definition) is 2. The van der Waals surface area contributed by atoms with E-state index >= 15 is 0 Å². The molecule has 0 aliphatic carbocycles.